The fourth-order valence-corrected chi connectivity index (χ4v) is 2.42. The first-order chi connectivity index (χ1) is 9.27. The van der Waals surface area contributed by atoms with Gasteiger partial charge in [-0.05, 0) is 24.3 Å². The number of rotatable bonds is 5. The van der Waals surface area contributed by atoms with Gasteiger partial charge in [-0.25, -0.2) is 8.42 Å². The second kappa shape index (κ2) is 5.41. The van der Waals surface area contributed by atoms with Gasteiger partial charge in [-0.1, -0.05) is 6.92 Å². The molecule has 0 aliphatic carbocycles. The molecule has 0 saturated carbocycles. The van der Waals surface area contributed by atoms with Gasteiger partial charge in [-0.15, -0.1) is 0 Å². The number of hydrogen-bond donors (Lipinski definition) is 2. The van der Waals surface area contributed by atoms with Crippen molar-refractivity contribution in [3.63, 3.8) is 0 Å². The molecule has 6 nitrogen and oxygen atoms in total. The Morgan fingerprint density at radius 3 is 2.35 bits per heavy atom. The number of nitrogens with one attached hydrogen (secondary N) is 2. The van der Waals surface area contributed by atoms with Gasteiger partial charge in [0, 0.05) is 23.2 Å². The van der Waals surface area contributed by atoms with Crippen LogP contribution in [0.25, 0.3) is 0 Å². The van der Waals surface area contributed by atoms with Crippen molar-refractivity contribution in [3.8, 4) is 0 Å². The highest BCUT2D eigenvalue weighted by Gasteiger charge is 2.33. The smallest absolute Gasteiger partial charge is 0.251 e. The molecule has 1 saturated heterocycles. The second-order valence-electron chi connectivity index (χ2n) is 5.44. The van der Waals surface area contributed by atoms with Gasteiger partial charge in [0.05, 0.1) is 19.5 Å². The fourth-order valence-electron chi connectivity index (χ4n) is 1.85. The number of amides is 1. The highest BCUT2D eigenvalue weighted by molar-refractivity contribution is 7.92. The van der Waals surface area contributed by atoms with E-state index in [9.17, 15) is 13.2 Å². The lowest BCUT2D eigenvalue weighted by Crippen LogP contribution is -2.48. The Morgan fingerprint density at radius 1 is 1.30 bits per heavy atom. The van der Waals surface area contributed by atoms with Crippen LogP contribution in [0.5, 0.6) is 0 Å². The van der Waals surface area contributed by atoms with Crippen LogP contribution < -0.4 is 10.0 Å². The molecular formula is C13H18N2O4S. The fraction of sp³-hybridized carbons (Fsp3) is 0.462. The Labute approximate surface area is 118 Å². The quantitative estimate of drug-likeness (QED) is 0.843. The number of carbonyl (C=O) groups excluding carboxylic acids is 1. The van der Waals surface area contributed by atoms with Crippen molar-refractivity contribution in [2.24, 2.45) is 5.41 Å². The molecule has 20 heavy (non-hydrogen) atoms. The van der Waals surface area contributed by atoms with E-state index >= 15 is 0 Å². The summed E-state index contributed by atoms with van der Waals surface area (Å²) in [5.41, 5.74) is 0.948. The van der Waals surface area contributed by atoms with Crippen LogP contribution in [-0.2, 0) is 14.8 Å². The predicted molar refractivity (Wildman–Crippen MR) is 76.2 cm³/mol. The molecule has 1 fully saturated rings. The maximum Gasteiger partial charge on any atom is 0.251 e. The van der Waals surface area contributed by atoms with Gasteiger partial charge in [0.15, 0.2) is 0 Å². The predicted octanol–water partition coefficient (Wildman–Crippen LogP) is 0.824. The molecule has 1 aliphatic rings. The summed E-state index contributed by atoms with van der Waals surface area (Å²) in [6.45, 7) is 3.93. The minimum absolute atomic E-state index is 0.0213. The van der Waals surface area contributed by atoms with E-state index < -0.39 is 10.0 Å². The monoisotopic (exact) mass is 298 g/mol. The van der Waals surface area contributed by atoms with Crippen molar-refractivity contribution < 1.29 is 17.9 Å². The number of hydrogen-bond acceptors (Lipinski definition) is 4. The largest absolute Gasteiger partial charge is 0.380 e. The van der Waals surface area contributed by atoms with Gasteiger partial charge >= 0.3 is 0 Å². The van der Waals surface area contributed by atoms with Crippen molar-refractivity contribution in [3.05, 3.63) is 29.8 Å². The molecule has 0 atom stereocenters. The van der Waals surface area contributed by atoms with Crippen molar-refractivity contribution in [2.75, 3.05) is 30.7 Å². The first-order valence-corrected chi connectivity index (χ1v) is 8.10. The molecule has 1 aliphatic heterocycles. The maximum absolute atomic E-state index is 11.9. The van der Waals surface area contributed by atoms with Crippen molar-refractivity contribution >= 4 is 21.6 Å². The molecular weight excluding hydrogens is 280 g/mol. The Kier molecular flexibility index (Phi) is 4.01. The lowest BCUT2D eigenvalue weighted by Gasteiger charge is -2.38. The number of sulfonamides is 1. The van der Waals surface area contributed by atoms with Crippen LogP contribution in [0, 0.1) is 5.41 Å². The average molecular weight is 298 g/mol. The summed E-state index contributed by atoms with van der Waals surface area (Å²) in [6, 6.07) is 6.29. The molecule has 110 valence electrons. The molecule has 1 amide bonds. The van der Waals surface area contributed by atoms with Crippen LogP contribution in [0.4, 0.5) is 5.69 Å². The third kappa shape index (κ3) is 3.94. The van der Waals surface area contributed by atoms with E-state index in [-0.39, 0.29) is 11.3 Å². The van der Waals surface area contributed by atoms with Crippen molar-refractivity contribution in [1.82, 2.24) is 5.32 Å². The van der Waals surface area contributed by atoms with Crippen LogP contribution in [0.15, 0.2) is 24.3 Å². The molecule has 0 aromatic heterocycles. The molecule has 1 aromatic rings. The Hall–Kier alpha value is -1.60. The van der Waals surface area contributed by atoms with Gasteiger partial charge in [0.25, 0.3) is 5.91 Å². The molecule has 0 spiro atoms. The van der Waals surface area contributed by atoms with E-state index in [0.29, 0.717) is 31.0 Å². The minimum atomic E-state index is -3.30. The molecule has 1 aromatic carbocycles. The molecule has 0 radical (unpaired) electrons. The zero-order valence-electron chi connectivity index (χ0n) is 11.5. The van der Waals surface area contributed by atoms with E-state index in [1.807, 2.05) is 0 Å². The summed E-state index contributed by atoms with van der Waals surface area (Å²) >= 11 is 0. The van der Waals surface area contributed by atoms with Crippen LogP contribution in [0.1, 0.15) is 17.3 Å². The Morgan fingerprint density at radius 2 is 1.90 bits per heavy atom. The molecule has 2 N–H and O–H groups in total. The van der Waals surface area contributed by atoms with Gasteiger partial charge in [-0.2, -0.15) is 0 Å². The lowest BCUT2D eigenvalue weighted by atomic mass is 9.88. The normalized spacial score (nSPS) is 17.1. The molecule has 7 heteroatoms. The summed E-state index contributed by atoms with van der Waals surface area (Å²) in [4.78, 5) is 11.9. The zero-order chi connectivity index (χ0) is 14.8. The van der Waals surface area contributed by atoms with Crippen LogP contribution in [0.2, 0.25) is 0 Å². The number of carbonyl (C=O) groups is 1. The lowest BCUT2D eigenvalue weighted by molar-refractivity contribution is -0.0978. The van der Waals surface area contributed by atoms with E-state index in [0.717, 1.165) is 6.26 Å². The third-order valence-electron chi connectivity index (χ3n) is 3.03. The first kappa shape index (κ1) is 14.8. The van der Waals surface area contributed by atoms with E-state index in [2.05, 4.69) is 17.0 Å². The SMILES string of the molecule is CC1(CNC(=O)c2ccc(NS(C)(=O)=O)cc2)COC1. The maximum atomic E-state index is 11.9. The van der Waals surface area contributed by atoms with Gasteiger partial charge in [-0.3, -0.25) is 9.52 Å². The van der Waals surface area contributed by atoms with E-state index in [1.54, 1.807) is 24.3 Å². The molecule has 0 unspecified atom stereocenters. The van der Waals surface area contributed by atoms with Crippen LogP contribution >= 0.6 is 0 Å². The molecule has 0 bridgehead atoms. The Balaban J connectivity index is 1.93. The Bertz CT molecular complexity index is 591. The van der Waals surface area contributed by atoms with Crippen molar-refractivity contribution in [1.29, 1.82) is 0 Å². The second-order valence-corrected chi connectivity index (χ2v) is 7.19. The summed E-state index contributed by atoms with van der Waals surface area (Å²) < 4.78 is 29.6. The van der Waals surface area contributed by atoms with Crippen LogP contribution in [0.3, 0.4) is 0 Å². The third-order valence-corrected chi connectivity index (χ3v) is 3.63. The summed E-state index contributed by atoms with van der Waals surface area (Å²) in [5, 5.41) is 2.85. The zero-order valence-corrected chi connectivity index (χ0v) is 12.3. The number of ether oxygens (including phenoxy) is 1. The summed E-state index contributed by atoms with van der Waals surface area (Å²) in [5.74, 6) is -0.177. The highest BCUT2D eigenvalue weighted by atomic mass is 32.2. The molecule has 1 heterocycles. The first-order valence-electron chi connectivity index (χ1n) is 6.21. The standard InChI is InChI=1S/C13H18N2O4S/c1-13(8-19-9-13)7-14-12(16)10-3-5-11(6-4-10)15-20(2,17)18/h3-6,15H,7-9H2,1-2H3,(H,14,16). The summed E-state index contributed by atoms with van der Waals surface area (Å²) in [6.07, 6.45) is 1.08. The topological polar surface area (TPSA) is 84.5 Å². The summed E-state index contributed by atoms with van der Waals surface area (Å²) in [7, 11) is -3.30. The molecule has 2 rings (SSSR count). The highest BCUT2D eigenvalue weighted by Crippen LogP contribution is 2.25. The average Bonchev–Trinajstić information content (AvgIpc) is 2.32. The minimum Gasteiger partial charge on any atom is -0.380 e. The van der Waals surface area contributed by atoms with Gasteiger partial charge in [0.2, 0.25) is 10.0 Å². The number of benzene rings is 1. The van der Waals surface area contributed by atoms with Crippen molar-refractivity contribution in [2.45, 2.75) is 6.92 Å². The van der Waals surface area contributed by atoms with E-state index in [4.69, 9.17) is 4.74 Å². The van der Waals surface area contributed by atoms with Gasteiger partial charge < -0.3 is 10.1 Å². The van der Waals surface area contributed by atoms with Crippen LogP contribution in [-0.4, -0.2) is 40.3 Å². The number of anilines is 1. The van der Waals surface area contributed by atoms with E-state index in [1.165, 1.54) is 0 Å². The van der Waals surface area contributed by atoms with Gasteiger partial charge in [0.1, 0.15) is 0 Å².